The van der Waals surface area contributed by atoms with Gasteiger partial charge in [0.15, 0.2) is 5.82 Å². The van der Waals surface area contributed by atoms with Crippen molar-refractivity contribution in [3.63, 3.8) is 0 Å². The Morgan fingerprint density at radius 1 is 1.04 bits per heavy atom. The SMILES string of the molecule is O=C1c2cc(OC(F)(F)F)ccc2-n2c1nc1cc(F)ccc1c2=O. The molecule has 1 aliphatic rings. The first-order valence-electron chi connectivity index (χ1n) is 6.92. The van der Waals surface area contributed by atoms with Crippen LogP contribution < -0.4 is 10.3 Å². The van der Waals surface area contributed by atoms with Gasteiger partial charge >= 0.3 is 6.36 Å². The van der Waals surface area contributed by atoms with Gasteiger partial charge in [-0.15, -0.1) is 13.2 Å². The van der Waals surface area contributed by atoms with Crippen LogP contribution in [0.3, 0.4) is 0 Å². The Balaban J connectivity index is 1.95. The van der Waals surface area contributed by atoms with Crippen molar-refractivity contribution in [2.75, 3.05) is 0 Å². The van der Waals surface area contributed by atoms with E-state index >= 15 is 0 Å². The van der Waals surface area contributed by atoms with Gasteiger partial charge in [0.05, 0.1) is 22.2 Å². The molecular formula is C16H6F4N2O3. The van der Waals surface area contributed by atoms with Crippen LogP contribution >= 0.6 is 0 Å². The fourth-order valence-electron chi connectivity index (χ4n) is 2.74. The molecule has 5 nitrogen and oxygen atoms in total. The number of alkyl halides is 3. The van der Waals surface area contributed by atoms with Crippen molar-refractivity contribution >= 4 is 16.7 Å². The summed E-state index contributed by atoms with van der Waals surface area (Å²) in [5.74, 6) is -2.25. The third-order valence-electron chi connectivity index (χ3n) is 3.72. The number of carbonyl (C=O) groups excluding carboxylic acids is 1. The minimum atomic E-state index is -4.91. The van der Waals surface area contributed by atoms with Gasteiger partial charge in [0.25, 0.3) is 5.56 Å². The Hall–Kier alpha value is -3.23. The van der Waals surface area contributed by atoms with Crippen LogP contribution in [-0.2, 0) is 0 Å². The summed E-state index contributed by atoms with van der Waals surface area (Å²) < 4.78 is 55.1. The fraction of sp³-hybridized carbons (Fsp3) is 0.0625. The smallest absolute Gasteiger partial charge is 0.406 e. The lowest BCUT2D eigenvalue weighted by Crippen LogP contribution is -2.21. The number of hydrogen-bond acceptors (Lipinski definition) is 4. The van der Waals surface area contributed by atoms with Crippen molar-refractivity contribution in [2.45, 2.75) is 6.36 Å². The molecule has 3 aromatic rings. The van der Waals surface area contributed by atoms with Gasteiger partial charge in [-0.05, 0) is 30.3 Å². The molecule has 2 heterocycles. The van der Waals surface area contributed by atoms with E-state index < -0.39 is 29.3 Å². The number of ketones is 1. The van der Waals surface area contributed by atoms with E-state index in [0.717, 1.165) is 28.8 Å². The standard InChI is InChI=1S/C16H6F4N2O3/c17-7-1-3-9-11(5-7)21-14-13(23)10-6-8(25-16(18,19)20)2-4-12(10)22(14)15(9)24/h1-6H. The second kappa shape index (κ2) is 4.88. The topological polar surface area (TPSA) is 61.2 Å². The van der Waals surface area contributed by atoms with Crippen molar-refractivity contribution in [3.05, 3.63) is 64.0 Å². The van der Waals surface area contributed by atoms with E-state index in [9.17, 15) is 27.2 Å². The van der Waals surface area contributed by atoms with Crippen LogP contribution in [0.5, 0.6) is 5.75 Å². The Morgan fingerprint density at radius 3 is 2.52 bits per heavy atom. The summed E-state index contributed by atoms with van der Waals surface area (Å²) in [4.78, 5) is 29.0. The summed E-state index contributed by atoms with van der Waals surface area (Å²) in [5, 5.41) is 0.0846. The first kappa shape index (κ1) is 15.3. The molecule has 0 unspecified atom stereocenters. The van der Waals surface area contributed by atoms with E-state index in [1.165, 1.54) is 12.1 Å². The summed E-state index contributed by atoms with van der Waals surface area (Å²) in [7, 11) is 0. The second-order valence-electron chi connectivity index (χ2n) is 5.29. The summed E-state index contributed by atoms with van der Waals surface area (Å²) >= 11 is 0. The van der Waals surface area contributed by atoms with E-state index in [-0.39, 0.29) is 28.0 Å². The number of halogens is 4. The number of rotatable bonds is 1. The number of fused-ring (bicyclic) bond motifs is 4. The zero-order chi connectivity index (χ0) is 17.9. The molecule has 0 saturated carbocycles. The number of hydrogen-bond donors (Lipinski definition) is 0. The molecule has 4 rings (SSSR count). The molecule has 0 fully saturated rings. The monoisotopic (exact) mass is 350 g/mol. The van der Waals surface area contributed by atoms with E-state index in [1.54, 1.807) is 0 Å². The summed E-state index contributed by atoms with van der Waals surface area (Å²) in [6.45, 7) is 0. The molecule has 0 amide bonds. The third-order valence-corrected chi connectivity index (χ3v) is 3.72. The van der Waals surface area contributed by atoms with Crippen molar-refractivity contribution < 1.29 is 27.1 Å². The van der Waals surface area contributed by atoms with Gasteiger partial charge in [-0.1, -0.05) is 0 Å². The molecule has 0 spiro atoms. The van der Waals surface area contributed by atoms with Crippen LogP contribution in [0, 0.1) is 5.82 Å². The number of carbonyl (C=O) groups is 1. The zero-order valence-corrected chi connectivity index (χ0v) is 12.1. The lowest BCUT2D eigenvalue weighted by molar-refractivity contribution is -0.274. The van der Waals surface area contributed by atoms with Crippen LogP contribution in [0.2, 0.25) is 0 Å². The maximum absolute atomic E-state index is 13.3. The Morgan fingerprint density at radius 2 is 1.80 bits per heavy atom. The van der Waals surface area contributed by atoms with Gasteiger partial charge in [0.1, 0.15) is 11.6 Å². The molecule has 0 bridgehead atoms. The molecular weight excluding hydrogens is 344 g/mol. The molecule has 2 aromatic carbocycles. The van der Waals surface area contributed by atoms with Crippen LogP contribution in [-0.4, -0.2) is 21.7 Å². The van der Waals surface area contributed by atoms with Gasteiger partial charge in [-0.25, -0.2) is 9.37 Å². The minimum Gasteiger partial charge on any atom is -0.406 e. The highest BCUT2D eigenvalue weighted by atomic mass is 19.4. The van der Waals surface area contributed by atoms with Crippen molar-refractivity contribution in [3.8, 4) is 11.4 Å². The molecule has 0 N–H and O–H groups in total. The summed E-state index contributed by atoms with van der Waals surface area (Å²) in [6.07, 6.45) is -4.91. The van der Waals surface area contributed by atoms with Crippen molar-refractivity contribution in [1.29, 1.82) is 0 Å². The average Bonchev–Trinajstić information content (AvgIpc) is 2.79. The predicted molar refractivity (Wildman–Crippen MR) is 77.4 cm³/mol. The second-order valence-corrected chi connectivity index (χ2v) is 5.29. The summed E-state index contributed by atoms with van der Waals surface area (Å²) in [5.41, 5.74) is -0.680. The van der Waals surface area contributed by atoms with E-state index in [0.29, 0.717) is 0 Å². The molecule has 0 radical (unpaired) electrons. The number of aromatic nitrogens is 2. The van der Waals surface area contributed by atoms with Gasteiger partial charge < -0.3 is 4.74 Å². The fourth-order valence-corrected chi connectivity index (χ4v) is 2.74. The predicted octanol–water partition coefficient (Wildman–Crippen LogP) is 2.97. The Bertz CT molecular complexity index is 1120. The van der Waals surface area contributed by atoms with Gasteiger partial charge in [0, 0.05) is 6.07 Å². The van der Waals surface area contributed by atoms with Crippen LogP contribution in [0.15, 0.2) is 41.2 Å². The van der Waals surface area contributed by atoms with Crippen molar-refractivity contribution in [1.82, 2.24) is 9.55 Å². The molecule has 0 aliphatic carbocycles. The maximum atomic E-state index is 13.3. The van der Waals surface area contributed by atoms with Crippen molar-refractivity contribution in [2.24, 2.45) is 0 Å². The number of ether oxygens (including phenoxy) is 1. The van der Waals surface area contributed by atoms with Crippen LogP contribution in [0.25, 0.3) is 16.6 Å². The third kappa shape index (κ3) is 2.35. The van der Waals surface area contributed by atoms with Crippen LogP contribution in [0.4, 0.5) is 17.6 Å². The molecule has 1 aliphatic heterocycles. The lowest BCUT2D eigenvalue weighted by atomic mass is 10.1. The van der Waals surface area contributed by atoms with Crippen LogP contribution in [0.1, 0.15) is 16.2 Å². The number of benzene rings is 2. The Kier molecular flexibility index (Phi) is 2.99. The van der Waals surface area contributed by atoms with E-state index in [2.05, 4.69) is 9.72 Å². The lowest BCUT2D eigenvalue weighted by Gasteiger charge is -2.10. The van der Waals surface area contributed by atoms with Gasteiger partial charge in [0.2, 0.25) is 5.78 Å². The van der Waals surface area contributed by atoms with E-state index in [4.69, 9.17) is 0 Å². The number of nitrogens with zero attached hydrogens (tertiary/aromatic N) is 2. The molecule has 25 heavy (non-hydrogen) atoms. The highest BCUT2D eigenvalue weighted by Crippen LogP contribution is 2.31. The quantitative estimate of drug-likeness (QED) is 0.495. The normalized spacial score (nSPS) is 13.0. The summed E-state index contributed by atoms with van der Waals surface area (Å²) in [6, 6.07) is 6.38. The highest BCUT2D eigenvalue weighted by molar-refractivity contribution is 6.13. The first-order valence-corrected chi connectivity index (χ1v) is 6.92. The first-order chi connectivity index (χ1) is 11.7. The highest BCUT2D eigenvalue weighted by Gasteiger charge is 2.34. The average molecular weight is 350 g/mol. The molecule has 0 atom stereocenters. The molecule has 9 heteroatoms. The van der Waals surface area contributed by atoms with E-state index in [1.807, 2.05) is 0 Å². The maximum Gasteiger partial charge on any atom is 0.573 e. The Labute approximate surface area is 136 Å². The molecule has 1 aromatic heterocycles. The van der Waals surface area contributed by atoms with Gasteiger partial charge in [-0.2, -0.15) is 0 Å². The molecule has 0 saturated heterocycles. The van der Waals surface area contributed by atoms with Gasteiger partial charge in [-0.3, -0.25) is 14.2 Å². The zero-order valence-electron chi connectivity index (χ0n) is 12.1. The largest absolute Gasteiger partial charge is 0.573 e. The minimum absolute atomic E-state index is 0.0100. The molecule has 126 valence electrons.